The van der Waals surface area contributed by atoms with E-state index in [4.69, 9.17) is 10.5 Å². The van der Waals surface area contributed by atoms with Crippen LogP contribution in [-0.4, -0.2) is 35.2 Å². The highest BCUT2D eigenvalue weighted by molar-refractivity contribution is 5.93. The molecule has 4 rings (SSSR count). The van der Waals surface area contributed by atoms with Crippen LogP contribution in [0.2, 0.25) is 0 Å². The fourth-order valence-corrected chi connectivity index (χ4v) is 3.77. The zero-order valence-electron chi connectivity index (χ0n) is 16.9. The molecule has 0 saturated carbocycles. The Morgan fingerprint density at radius 3 is 2.60 bits per heavy atom. The van der Waals surface area contributed by atoms with Crippen molar-refractivity contribution in [3.63, 3.8) is 0 Å². The SMILES string of the molecule is Cc1ccc(O[C@H]2CCN(c3ccc(-c4ccc(C(N)=O)cc4)cc3CO)C2)nc1. The number of carbonyl (C=O) groups excluding carboxylic acids is 1. The lowest BCUT2D eigenvalue weighted by Gasteiger charge is -2.22. The summed E-state index contributed by atoms with van der Waals surface area (Å²) in [4.78, 5) is 17.8. The van der Waals surface area contributed by atoms with Crippen LogP contribution in [0.1, 0.15) is 27.9 Å². The molecule has 3 N–H and O–H groups in total. The van der Waals surface area contributed by atoms with Crippen LogP contribution in [0, 0.1) is 6.92 Å². The summed E-state index contributed by atoms with van der Waals surface area (Å²) in [5, 5.41) is 9.97. The normalized spacial score (nSPS) is 15.9. The van der Waals surface area contributed by atoms with E-state index in [1.807, 2.05) is 49.4 Å². The van der Waals surface area contributed by atoms with Crippen molar-refractivity contribution in [1.82, 2.24) is 4.98 Å². The number of primary amides is 1. The second kappa shape index (κ2) is 8.55. The van der Waals surface area contributed by atoms with Crippen molar-refractivity contribution in [2.45, 2.75) is 26.1 Å². The van der Waals surface area contributed by atoms with E-state index in [0.29, 0.717) is 11.4 Å². The van der Waals surface area contributed by atoms with Crippen molar-refractivity contribution in [2.24, 2.45) is 5.73 Å². The lowest BCUT2D eigenvalue weighted by molar-refractivity contribution is 0.100. The van der Waals surface area contributed by atoms with E-state index in [2.05, 4.69) is 9.88 Å². The van der Waals surface area contributed by atoms with Crippen molar-refractivity contribution in [2.75, 3.05) is 18.0 Å². The number of hydrogen-bond acceptors (Lipinski definition) is 5. The summed E-state index contributed by atoms with van der Waals surface area (Å²) in [6, 6.07) is 17.1. The molecule has 1 saturated heterocycles. The van der Waals surface area contributed by atoms with Crippen molar-refractivity contribution < 1.29 is 14.6 Å². The number of hydrogen-bond donors (Lipinski definition) is 2. The van der Waals surface area contributed by atoms with Crippen LogP contribution in [0.15, 0.2) is 60.8 Å². The van der Waals surface area contributed by atoms with Gasteiger partial charge < -0.3 is 20.5 Å². The molecule has 30 heavy (non-hydrogen) atoms. The van der Waals surface area contributed by atoms with E-state index >= 15 is 0 Å². The minimum absolute atomic E-state index is 0.0515. The monoisotopic (exact) mass is 403 g/mol. The number of ether oxygens (including phenoxy) is 1. The highest BCUT2D eigenvalue weighted by Gasteiger charge is 2.26. The molecule has 1 fully saturated rings. The Morgan fingerprint density at radius 2 is 1.93 bits per heavy atom. The van der Waals surface area contributed by atoms with Crippen LogP contribution < -0.4 is 15.4 Å². The predicted octanol–water partition coefficient (Wildman–Crippen LogP) is 3.31. The average Bonchev–Trinajstić information content (AvgIpc) is 3.23. The van der Waals surface area contributed by atoms with E-state index in [1.54, 1.807) is 18.3 Å². The van der Waals surface area contributed by atoms with Gasteiger partial charge in [-0.05, 0) is 47.9 Å². The summed E-state index contributed by atoms with van der Waals surface area (Å²) in [7, 11) is 0. The molecule has 1 atom stereocenters. The van der Waals surface area contributed by atoms with Crippen molar-refractivity contribution in [3.05, 3.63) is 77.5 Å². The molecular formula is C24H25N3O3. The number of aryl methyl sites for hydroxylation is 1. The Kier molecular flexibility index (Phi) is 5.68. The van der Waals surface area contributed by atoms with E-state index < -0.39 is 5.91 Å². The smallest absolute Gasteiger partial charge is 0.248 e. The second-order valence-electron chi connectivity index (χ2n) is 7.59. The lowest BCUT2D eigenvalue weighted by atomic mass is 10.0. The first kappa shape index (κ1) is 19.9. The third-order valence-corrected chi connectivity index (χ3v) is 5.41. The van der Waals surface area contributed by atoms with Crippen molar-refractivity contribution in [1.29, 1.82) is 0 Å². The van der Waals surface area contributed by atoms with Gasteiger partial charge in [-0.25, -0.2) is 4.98 Å². The number of carbonyl (C=O) groups is 1. The maximum atomic E-state index is 11.3. The summed E-state index contributed by atoms with van der Waals surface area (Å²) in [6.07, 6.45) is 2.77. The molecule has 1 aliphatic heterocycles. The van der Waals surface area contributed by atoms with Crippen LogP contribution >= 0.6 is 0 Å². The topological polar surface area (TPSA) is 88.7 Å². The van der Waals surface area contributed by atoms with Gasteiger partial charge in [-0.15, -0.1) is 0 Å². The van der Waals surface area contributed by atoms with Crippen LogP contribution in [0.25, 0.3) is 11.1 Å². The Balaban J connectivity index is 1.49. The maximum Gasteiger partial charge on any atom is 0.248 e. The molecule has 3 aromatic rings. The standard InChI is InChI=1S/C24H25N3O3/c1-16-2-9-23(26-13-16)30-21-10-11-27(14-21)22-8-7-19(12-20(22)15-28)17-3-5-18(6-4-17)24(25)29/h2-9,12-13,21,28H,10-11,14-15H2,1H3,(H2,25,29)/t21-/m0/s1. The third-order valence-electron chi connectivity index (χ3n) is 5.41. The van der Waals surface area contributed by atoms with Gasteiger partial charge in [-0.1, -0.05) is 24.3 Å². The van der Waals surface area contributed by atoms with Crippen molar-refractivity contribution >= 4 is 11.6 Å². The maximum absolute atomic E-state index is 11.3. The summed E-state index contributed by atoms with van der Waals surface area (Å²) in [5.41, 5.74) is 10.7. The Labute approximate surface area is 175 Å². The van der Waals surface area contributed by atoms with E-state index in [9.17, 15) is 9.90 Å². The molecule has 1 amide bonds. The first-order valence-corrected chi connectivity index (χ1v) is 10.0. The minimum Gasteiger partial charge on any atom is -0.472 e. The molecule has 0 spiro atoms. The first-order chi connectivity index (χ1) is 14.5. The number of aliphatic hydroxyl groups excluding tert-OH is 1. The quantitative estimate of drug-likeness (QED) is 0.659. The summed E-state index contributed by atoms with van der Waals surface area (Å²) < 4.78 is 6.03. The summed E-state index contributed by atoms with van der Waals surface area (Å²) in [6.45, 7) is 3.55. The fourth-order valence-electron chi connectivity index (χ4n) is 3.77. The number of rotatable bonds is 6. The molecule has 6 heteroatoms. The number of benzene rings is 2. The van der Waals surface area contributed by atoms with E-state index in [0.717, 1.165) is 47.5 Å². The third kappa shape index (κ3) is 4.28. The van der Waals surface area contributed by atoms with Gasteiger partial charge in [0, 0.05) is 42.0 Å². The van der Waals surface area contributed by atoms with Gasteiger partial charge in [0.1, 0.15) is 6.10 Å². The number of pyridine rings is 1. The second-order valence-corrected chi connectivity index (χ2v) is 7.59. The van der Waals surface area contributed by atoms with Crippen molar-refractivity contribution in [3.8, 4) is 17.0 Å². The van der Waals surface area contributed by atoms with Crippen LogP contribution in [0.4, 0.5) is 5.69 Å². The molecular weight excluding hydrogens is 378 g/mol. The van der Waals surface area contributed by atoms with Crippen LogP contribution in [0.3, 0.4) is 0 Å². The highest BCUT2D eigenvalue weighted by Crippen LogP contribution is 2.31. The molecule has 2 aromatic carbocycles. The number of amides is 1. The van der Waals surface area contributed by atoms with Gasteiger partial charge >= 0.3 is 0 Å². The molecule has 0 radical (unpaired) electrons. The van der Waals surface area contributed by atoms with E-state index in [1.165, 1.54) is 0 Å². The first-order valence-electron chi connectivity index (χ1n) is 10.0. The summed E-state index contributed by atoms with van der Waals surface area (Å²) in [5.74, 6) is 0.198. The predicted molar refractivity (Wildman–Crippen MR) is 117 cm³/mol. The molecule has 154 valence electrons. The minimum atomic E-state index is -0.445. The molecule has 1 aromatic heterocycles. The number of aliphatic hydroxyl groups is 1. The molecule has 2 heterocycles. The molecule has 0 bridgehead atoms. The van der Waals surface area contributed by atoms with Gasteiger partial charge in [0.15, 0.2) is 0 Å². The zero-order valence-corrected chi connectivity index (χ0v) is 16.9. The molecule has 0 unspecified atom stereocenters. The Hall–Kier alpha value is -3.38. The molecule has 0 aliphatic carbocycles. The van der Waals surface area contributed by atoms with Crippen LogP contribution in [0.5, 0.6) is 5.88 Å². The number of nitrogens with zero attached hydrogens (tertiary/aromatic N) is 2. The lowest BCUT2D eigenvalue weighted by Crippen LogP contribution is -2.25. The molecule has 6 nitrogen and oxygen atoms in total. The average molecular weight is 403 g/mol. The van der Waals surface area contributed by atoms with Gasteiger partial charge in [-0.2, -0.15) is 0 Å². The summed E-state index contributed by atoms with van der Waals surface area (Å²) >= 11 is 0. The van der Waals surface area contributed by atoms with Gasteiger partial charge in [0.05, 0.1) is 13.2 Å². The largest absolute Gasteiger partial charge is 0.472 e. The highest BCUT2D eigenvalue weighted by atomic mass is 16.5. The molecule has 1 aliphatic rings. The fraction of sp³-hybridized carbons (Fsp3) is 0.250. The zero-order chi connectivity index (χ0) is 21.1. The number of anilines is 1. The van der Waals surface area contributed by atoms with E-state index in [-0.39, 0.29) is 12.7 Å². The van der Waals surface area contributed by atoms with Gasteiger partial charge in [0.25, 0.3) is 0 Å². The number of aromatic nitrogens is 1. The van der Waals surface area contributed by atoms with Gasteiger partial charge in [-0.3, -0.25) is 4.79 Å². The van der Waals surface area contributed by atoms with Crippen LogP contribution in [-0.2, 0) is 6.61 Å². The Bertz CT molecular complexity index is 1030. The Morgan fingerprint density at radius 1 is 1.17 bits per heavy atom. The van der Waals surface area contributed by atoms with Gasteiger partial charge in [0.2, 0.25) is 11.8 Å². The number of nitrogens with two attached hydrogens (primary N) is 1.